The normalized spacial score (nSPS) is 20.6. The molecule has 0 saturated carbocycles. The Hall–Kier alpha value is -2.63. The monoisotopic (exact) mass is 466 g/mol. The number of halogens is 4. The van der Waals surface area contributed by atoms with Gasteiger partial charge in [0.1, 0.15) is 5.82 Å². The maximum atomic E-state index is 13.8. The lowest BCUT2D eigenvalue weighted by atomic mass is 10.0. The number of aliphatic carboxylic acids is 1. The molecule has 172 valence electrons. The summed E-state index contributed by atoms with van der Waals surface area (Å²) in [7, 11) is -3.12. The first-order valence-electron chi connectivity index (χ1n) is 9.37. The first-order valence-corrected chi connectivity index (χ1v) is 11.1. The van der Waals surface area contributed by atoms with Gasteiger partial charge in [0.2, 0.25) is 5.91 Å². The minimum Gasteiger partial charge on any atom is -0.475 e. The van der Waals surface area contributed by atoms with E-state index in [1.54, 1.807) is 18.2 Å². The molecule has 1 aromatic rings. The van der Waals surface area contributed by atoms with Gasteiger partial charge in [-0.2, -0.15) is 13.2 Å². The molecular formula is C19H22F4N2O5S. The summed E-state index contributed by atoms with van der Waals surface area (Å²) >= 11 is 0. The number of nitrogens with one attached hydrogen (secondary N) is 1. The molecule has 2 aliphatic heterocycles. The second-order valence-corrected chi connectivity index (χ2v) is 9.14. The number of allylic oxidation sites excluding steroid dienone is 1. The van der Waals surface area contributed by atoms with Gasteiger partial charge in [0.05, 0.1) is 11.4 Å². The van der Waals surface area contributed by atoms with Gasteiger partial charge in [0.15, 0.2) is 9.84 Å². The molecule has 31 heavy (non-hydrogen) atoms. The van der Waals surface area contributed by atoms with E-state index in [4.69, 9.17) is 9.90 Å². The van der Waals surface area contributed by atoms with Crippen molar-refractivity contribution in [3.63, 3.8) is 0 Å². The Morgan fingerprint density at radius 2 is 1.74 bits per heavy atom. The van der Waals surface area contributed by atoms with E-state index in [1.165, 1.54) is 11.5 Å². The fourth-order valence-electron chi connectivity index (χ4n) is 3.26. The summed E-state index contributed by atoms with van der Waals surface area (Å²) < 4.78 is 68.3. The number of carbonyl (C=O) groups excluding carboxylic acids is 1. The van der Waals surface area contributed by atoms with Crippen LogP contribution in [-0.4, -0.2) is 56.5 Å². The van der Waals surface area contributed by atoms with Crippen LogP contribution in [-0.2, 0) is 19.4 Å². The minimum atomic E-state index is -5.08. The van der Waals surface area contributed by atoms with Gasteiger partial charge in [-0.3, -0.25) is 4.79 Å². The lowest BCUT2D eigenvalue weighted by molar-refractivity contribution is -0.192. The smallest absolute Gasteiger partial charge is 0.475 e. The Kier molecular flexibility index (Phi) is 8.04. The Balaban J connectivity index is 0.000000423. The zero-order chi connectivity index (χ0) is 23.2. The number of benzene rings is 1. The summed E-state index contributed by atoms with van der Waals surface area (Å²) in [4.78, 5) is 23.0. The van der Waals surface area contributed by atoms with E-state index in [2.05, 4.69) is 5.32 Å². The Morgan fingerprint density at radius 1 is 1.16 bits per heavy atom. The molecule has 0 spiro atoms. The summed E-state index contributed by atoms with van der Waals surface area (Å²) in [6.07, 6.45) is -1.79. The van der Waals surface area contributed by atoms with Crippen LogP contribution in [0.3, 0.4) is 0 Å². The van der Waals surface area contributed by atoms with Crippen molar-refractivity contribution in [2.45, 2.75) is 31.5 Å². The first-order chi connectivity index (χ1) is 14.4. The lowest BCUT2D eigenvalue weighted by Gasteiger charge is -2.34. The maximum absolute atomic E-state index is 13.8. The number of nitrogens with zero attached hydrogens (tertiary/aromatic N) is 1. The molecule has 12 heteroatoms. The SMILES string of the molecule is O=C(CC1C=CS(=O)(=O)C1)NC1CCN(c2ccccc2F)CC1.O=C(O)C(F)(F)F. The maximum Gasteiger partial charge on any atom is 0.490 e. The van der Waals surface area contributed by atoms with Crippen molar-refractivity contribution in [2.75, 3.05) is 23.7 Å². The third-order valence-electron chi connectivity index (χ3n) is 4.75. The molecule has 2 N–H and O–H groups in total. The summed E-state index contributed by atoms with van der Waals surface area (Å²) in [6.45, 7) is 1.37. The van der Waals surface area contributed by atoms with Gasteiger partial charge < -0.3 is 15.3 Å². The number of carbonyl (C=O) groups is 2. The summed E-state index contributed by atoms with van der Waals surface area (Å²) in [5.41, 5.74) is 0.601. The number of hydrogen-bond acceptors (Lipinski definition) is 5. The van der Waals surface area contributed by atoms with E-state index >= 15 is 0 Å². The molecule has 0 bridgehead atoms. The average molecular weight is 466 g/mol. The number of carboxylic acids is 1. The van der Waals surface area contributed by atoms with Crippen LogP contribution < -0.4 is 10.2 Å². The molecule has 1 unspecified atom stereocenters. The number of alkyl halides is 3. The number of carboxylic acid groups (broad SMARTS) is 1. The van der Waals surface area contributed by atoms with E-state index < -0.39 is 22.0 Å². The molecule has 0 aliphatic carbocycles. The van der Waals surface area contributed by atoms with Crippen LogP contribution in [0.25, 0.3) is 0 Å². The number of anilines is 1. The summed E-state index contributed by atoms with van der Waals surface area (Å²) in [5.74, 6) is -3.31. The largest absolute Gasteiger partial charge is 0.490 e. The van der Waals surface area contributed by atoms with Crippen molar-refractivity contribution in [3.8, 4) is 0 Å². The minimum absolute atomic E-state index is 0.0200. The number of para-hydroxylation sites is 1. The molecule has 0 aromatic heterocycles. The number of amides is 1. The highest BCUT2D eigenvalue weighted by Gasteiger charge is 2.38. The van der Waals surface area contributed by atoms with E-state index in [1.807, 2.05) is 11.0 Å². The van der Waals surface area contributed by atoms with E-state index in [0.29, 0.717) is 18.8 Å². The summed E-state index contributed by atoms with van der Waals surface area (Å²) in [5, 5.41) is 11.3. The van der Waals surface area contributed by atoms with Crippen molar-refractivity contribution < 1.29 is 40.7 Å². The fourth-order valence-corrected chi connectivity index (χ4v) is 4.66. The number of piperidine rings is 1. The van der Waals surface area contributed by atoms with Gasteiger partial charge in [-0.25, -0.2) is 17.6 Å². The van der Waals surface area contributed by atoms with Crippen molar-refractivity contribution >= 4 is 27.4 Å². The van der Waals surface area contributed by atoms with Crippen molar-refractivity contribution in [1.82, 2.24) is 5.32 Å². The molecule has 1 saturated heterocycles. The number of rotatable bonds is 4. The van der Waals surface area contributed by atoms with Crippen LogP contribution in [0, 0.1) is 11.7 Å². The number of hydrogen-bond donors (Lipinski definition) is 2. The predicted molar refractivity (Wildman–Crippen MR) is 105 cm³/mol. The van der Waals surface area contributed by atoms with E-state index in [-0.39, 0.29) is 35.9 Å². The van der Waals surface area contributed by atoms with Crippen LogP contribution in [0.15, 0.2) is 35.7 Å². The second kappa shape index (κ2) is 10.1. The van der Waals surface area contributed by atoms with Crippen molar-refractivity contribution in [2.24, 2.45) is 5.92 Å². The van der Waals surface area contributed by atoms with Gasteiger partial charge in [-0.15, -0.1) is 0 Å². The van der Waals surface area contributed by atoms with Gasteiger partial charge in [0, 0.05) is 36.9 Å². The fraction of sp³-hybridized carbons (Fsp3) is 0.474. The van der Waals surface area contributed by atoms with E-state index in [0.717, 1.165) is 12.8 Å². The van der Waals surface area contributed by atoms with Crippen LogP contribution >= 0.6 is 0 Å². The lowest BCUT2D eigenvalue weighted by Crippen LogP contribution is -2.45. The van der Waals surface area contributed by atoms with Gasteiger partial charge in [0.25, 0.3) is 0 Å². The molecule has 3 rings (SSSR count). The third-order valence-corrected chi connectivity index (χ3v) is 6.21. The topological polar surface area (TPSA) is 104 Å². The standard InChI is InChI=1S/C17H21FN2O3S.C2HF3O2/c18-15-3-1-2-4-16(15)20-8-5-14(6-9-20)19-17(21)11-13-7-10-24(22,23)12-13;3-2(4,5)1(6)7/h1-4,7,10,13-14H,5-6,8-9,11-12H2,(H,19,21);(H,6,7). The Morgan fingerprint density at radius 3 is 2.23 bits per heavy atom. The van der Waals surface area contributed by atoms with Gasteiger partial charge in [-0.1, -0.05) is 18.2 Å². The van der Waals surface area contributed by atoms with E-state index in [9.17, 15) is 30.8 Å². The van der Waals surface area contributed by atoms with Crippen LogP contribution in [0.5, 0.6) is 0 Å². The zero-order valence-corrected chi connectivity index (χ0v) is 17.1. The van der Waals surface area contributed by atoms with Crippen molar-refractivity contribution in [3.05, 3.63) is 41.6 Å². The predicted octanol–water partition coefficient (Wildman–Crippen LogP) is 2.49. The molecule has 1 aromatic carbocycles. The summed E-state index contributed by atoms with van der Waals surface area (Å²) in [6, 6.07) is 6.76. The average Bonchev–Trinajstić information content (AvgIpc) is 3.01. The molecule has 2 aliphatic rings. The molecule has 2 heterocycles. The quantitative estimate of drug-likeness (QED) is 0.661. The molecule has 1 fully saturated rings. The number of sulfone groups is 1. The van der Waals surface area contributed by atoms with Gasteiger partial charge in [-0.05, 0) is 25.0 Å². The zero-order valence-electron chi connectivity index (χ0n) is 16.3. The van der Waals surface area contributed by atoms with Crippen LogP contribution in [0.2, 0.25) is 0 Å². The van der Waals surface area contributed by atoms with Crippen LogP contribution in [0.4, 0.5) is 23.2 Å². The molecule has 1 atom stereocenters. The van der Waals surface area contributed by atoms with Crippen LogP contribution in [0.1, 0.15) is 19.3 Å². The third kappa shape index (κ3) is 7.85. The molecule has 1 amide bonds. The molecule has 7 nitrogen and oxygen atoms in total. The highest BCUT2D eigenvalue weighted by molar-refractivity contribution is 7.94. The highest BCUT2D eigenvalue weighted by Crippen LogP contribution is 2.23. The highest BCUT2D eigenvalue weighted by atomic mass is 32.2. The first kappa shape index (κ1) is 24.6. The van der Waals surface area contributed by atoms with Gasteiger partial charge >= 0.3 is 12.1 Å². The molecule has 0 radical (unpaired) electrons. The molecular weight excluding hydrogens is 444 g/mol. The van der Waals surface area contributed by atoms with Crippen molar-refractivity contribution in [1.29, 1.82) is 0 Å². The Bertz CT molecular complexity index is 925. The Labute approximate surface area is 176 Å². The second-order valence-electron chi connectivity index (χ2n) is 7.21.